The number of hydrogen-bond acceptors (Lipinski definition) is 8. The Morgan fingerprint density at radius 1 is 0.442 bits per heavy atom. The molecule has 0 unspecified atom stereocenters. The number of aromatic nitrogens is 6. The lowest BCUT2D eigenvalue weighted by atomic mass is 10.0. The van der Waals surface area contributed by atoms with Crippen molar-refractivity contribution in [1.82, 2.24) is 30.4 Å². The van der Waals surface area contributed by atoms with E-state index in [1.165, 1.54) is 10.1 Å². The van der Waals surface area contributed by atoms with Gasteiger partial charge in [-0.15, -0.1) is 31.7 Å². The molecule has 0 aliphatic heterocycles. The number of rotatable bonds is 6. The number of thiophene rings is 1. The van der Waals surface area contributed by atoms with Crippen molar-refractivity contribution in [1.29, 1.82) is 0 Å². The second kappa shape index (κ2) is 12.5. The first-order valence-corrected chi connectivity index (χ1v) is 17.8. The first kappa shape index (κ1) is 30.0. The van der Waals surface area contributed by atoms with E-state index >= 15 is 0 Å². The van der Waals surface area contributed by atoms with Crippen LogP contribution in [-0.4, -0.2) is 30.4 Å². The molecule has 0 radical (unpaired) electrons. The van der Waals surface area contributed by atoms with Crippen LogP contribution in [0.5, 0.6) is 0 Å². The molecule has 0 N–H and O–H groups in total. The molecule has 7 nitrogen and oxygen atoms in total. The topological polar surface area (TPSA) is 80.6 Å². The van der Waals surface area contributed by atoms with Crippen LogP contribution in [-0.2, 0) is 0 Å². The van der Waals surface area contributed by atoms with Crippen molar-refractivity contribution >= 4 is 70.5 Å². The number of fused-ring (bicyclic) bond motifs is 5. The van der Waals surface area contributed by atoms with Gasteiger partial charge >= 0.3 is 0 Å². The van der Waals surface area contributed by atoms with Crippen molar-refractivity contribution in [2.24, 2.45) is 0 Å². The highest BCUT2D eigenvalue weighted by atomic mass is 32.1. The van der Waals surface area contributed by atoms with Gasteiger partial charge in [-0.05, 0) is 66.7 Å². The average molecular weight is 686 g/mol. The third-order valence-corrected chi connectivity index (χ3v) is 10.5. The third-order valence-electron chi connectivity index (χ3n) is 9.41. The Hall–Kier alpha value is -6.90. The molecule has 0 fully saturated rings. The van der Waals surface area contributed by atoms with Crippen LogP contribution < -0.4 is 4.90 Å². The monoisotopic (exact) mass is 685 g/mol. The molecule has 0 bridgehead atoms. The zero-order valence-corrected chi connectivity index (χ0v) is 28.4. The molecule has 0 saturated carbocycles. The van der Waals surface area contributed by atoms with E-state index in [2.05, 4.69) is 152 Å². The summed E-state index contributed by atoms with van der Waals surface area (Å²) >= 11 is 1.70. The fraction of sp³-hybridized carbons (Fsp3) is 0. The Kier molecular flexibility index (Phi) is 7.18. The summed E-state index contributed by atoms with van der Waals surface area (Å²) in [5.74, 6) is 0. The maximum Gasteiger partial charge on any atom is 0.128 e. The molecule has 10 aromatic rings. The highest BCUT2D eigenvalue weighted by molar-refractivity contribution is 7.25. The molecule has 244 valence electrons. The Morgan fingerprint density at radius 2 is 0.942 bits per heavy atom. The van der Waals surface area contributed by atoms with Crippen LogP contribution >= 0.6 is 11.3 Å². The van der Waals surface area contributed by atoms with Crippen molar-refractivity contribution in [3.63, 3.8) is 0 Å². The van der Waals surface area contributed by atoms with E-state index in [-0.39, 0.29) is 0 Å². The van der Waals surface area contributed by atoms with Crippen molar-refractivity contribution in [2.75, 3.05) is 4.90 Å². The predicted octanol–water partition coefficient (Wildman–Crippen LogP) is 11.2. The summed E-state index contributed by atoms with van der Waals surface area (Å²) in [6.07, 6.45) is 1.66. The van der Waals surface area contributed by atoms with E-state index in [1.54, 1.807) is 17.7 Å². The predicted molar refractivity (Wildman–Crippen MR) is 212 cm³/mol. The second-order valence-corrected chi connectivity index (χ2v) is 13.6. The van der Waals surface area contributed by atoms with Crippen LogP contribution in [0, 0.1) is 0 Å². The van der Waals surface area contributed by atoms with E-state index in [9.17, 15) is 0 Å². The van der Waals surface area contributed by atoms with Crippen molar-refractivity contribution in [2.45, 2.75) is 0 Å². The van der Waals surface area contributed by atoms with Gasteiger partial charge in [0.15, 0.2) is 0 Å². The Balaban J connectivity index is 1.04. The lowest BCUT2D eigenvalue weighted by Gasteiger charge is -2.26. The van der Waals surface area contributed by atoms with Gasteiger partial charge in [0, 0.05) is 60.0 Å². The first-order chi connectivity index (χ1) is 25.7. The highest BCUT2D eigenvalue weighted by Gasteiger charge is 2.17. The summed E-state index contributed by atoms with van der Waals surface area (Å²) in [5, 5.41) is 22.3. The maximum atomic E-state index is 4.77. The molecule has 0 amide bonds. The van der Waals surface area contributed by atoms with Crippen LogP contribution in [0.1, 0.15) is 0 Å². The van der Waals surface area contributed by atoms with Gasteiger partial charge < -0.3 is 4.90 Å². The minimum Gasteiger partial charge on any atom is -0.311 e. The SMILES string of the molecule is c1ccc2nnc(-c3ccc(N(c4ccc(-c5cc6ccccc6nn5)cc4)c4ccc(-c5ncnc6sc7ccccc7c56)cc4)cc3)cc2c1. The molecule has 4 heterocycles. The van der Waals surface area contributed by atoms with Gasteiger partial charge in [-0.2, -0.15) is 0 Å². The summed E-state index contributed by atoms with van der Waals surface area (Å²) in [6, 6.07) is 54.2. The molecule has 0 aliphatic carbocycles. The van der Waals surface area contributed by atoms with Gasteiger partial charge in [-0.1, -0.05) is 91.0 Å². The quantitative estimate of drug-likeness (QED) is 0.172. The summed E-state index contributed by atoms with van der Waals surface area (Å²) in [6.45, 7) is 0. The van der Waals surface area contributed by atoms with Crippen LogP contribution in [0.25, 0.3) is 75.9 Å². The van der Waals surface area contributed by atoms with Crippen LogP contribution in [0.2, 0.25) is 0 Å². The highest BCUT2D eigenvalue weighted by Crippen LogP contribution is 2.40. The van der Waals surface area contributed by atoms with Crippen molar-refractivity contribution in [3.05, 3.63) is 164 Å². The molecular formula is C44H27N7S. The normalized spacial score (nSPS) is 11.5. The number of anilines is 3. The van der Waals surface area contributed by atoms with Gasteiger partial charge in [0.1, 0.15) is 11.2 Å². The van der Waals surface area contributed by atoms with Crippen molar-refractivity contribution < 1.29 is 0 Å². The lowest BCUT2D eigenvalue weighted by molar-refractivity contribution is 1.08. The second-order valence-electron chi connectivity index (χ2n) is 12.6. The van der Waals surface area contributed by atoms with Gasteiger partial charge in [0.2, 0.25) is 0 Å². The molecule has 10 rings (SSSR count). The third kappa shape index (κ3) is 5.30. The van der Waals surface area contributed by atoms with Gasteiger partial charge in [-0.3, -0.25) is 0 Å². The Morgan fingerprint density at radius 3 is 1.52 bits per heavy atom. The number of benzene rings is 6. The molecule has 8 heteroatoms. The van der Waals surface area contributed by atoms with Gasteiger partial charge in [-0.25, -0.2) is 9.97 Å². The summed E-state index contributed by atoms with van der Waals surface area (Å²) < 4.78 is 1.21. The molecule has 4 aromatic heterocycles. The minimum absolute atomic E-state index is 0.833. The van der Waals surface area contributed by atoms with E-state index in [0.717, 1.165) is 82.9 Å². The molecule has 6 aromatic carbocycles. The number of hydrogen-bond donors (Lipinski definition) is 0. The Labute approximate surface area is 302 Å². The fourth-order valence-corrected chi connectivity index (χ4v) is 7.85. The Bertz CT molecular complexity index is 2780. The first-order valence-electron chi connectivity index (χ1n) is 16.9. The smallest absolute Gasteiger partial charge is 0.128 e. The summed E-state index contributed by atoms with van der Waals surface area (Å²) in [4.78, 5) is 12.6. The summed E-state index contributed by atoms with van der Waals surface area (Å²) in [5.41, 5.74) is 10.4. The zero-order chi connectivity index (χ0) is 34.4. The summed E-state index contributed by atoms with van der Waals surface area (Å²) in [7, 11) is 0. The maximum absolute atomic E-state index is 4.77. The van der Waals surface area contributed by atoms with Crippen molar-refractivity contribution in [3.8, 4) is 33.8 Å². The molecule has 0 saturated heterocycles. The standard InChI is InChI=1S/C44H27N7S/c1-4-10-37-31(7-1)25-39(49-47-37)28-13-19-33(20-14-28)51(34-21-15-29(16-22-34)40-26-32-8-2-5-11-38(32)48-50-40)35-23-17-30(18-24-35)43-42-36-9-3-6-12-41(36)52-44(42)46-27-45-43/h1-27H. The molecular weight excluding hydrogens is 659 g/mol. The van der Waals surface area contributed by atoms with Crippen LogP contribution in [0.3, 0.4) is 0 Å². The average Bonchev–Trinajstić information content (AvgIpc) is 3.61. The zero-order valence-electron chi connectivity index (χ0n) is 27.6. The molecule has 0 aliphatic rings. The van der Waals surface area contributed by atoms with Crippen LogP contribution in [0.15, 0.2) is 164 Å². The van der Waals surface area contributed by atoms with E-state index in [1.807, 2.05) is 36.4 Å². The lowest BCUT2D eigenvalue weighted by Crippen LogP contribution is -2.10. The number of nitrogens with zero attached hydrogens (tertiary/aromatic N) is 7. The van der Waals surface area contributed by atoms with Gasteiger partial charge in [0.25, 0.3) is 0 Å². The minimum atomic E-state index is 0.833. The molecule has 52 heavy (non-hydrogen) atoms. The molecule has 0 spiro atoms. The van der Waals surface area contributed by atoms with E-state index in [0.29, 0.717) is 0 Å². The van der Waals surface area contributed by atoms with Gasteiger partial charge in [0.05, 0.1) is 28.1 Å². The van der Waals surface area contributed by atoms with E-state index in [4.69, 9.17) is 4.98 Å². The molecule has 0 atom stereocenters. The van der Waals surface area contributed by atoms with E-state index < -0.39 is 0 Å². The fourth-order valence-electron chi connectivity index (χ4n) is 6.80. The van der Waals surface area contributed by atoms with Crippen LogP contribution in [0.4, 0.5) is 17.1 Å². The largest absolute Gasteiger partial charge is 0.311 e.